The van der Waals surface area contributed by atoms with Gasteiger partial charge in [-0.25, -0.2) is 4.79 Å². The van der Waals surface area contributed by atoms with Crippen molar-refractivity contribution in [2.24, 2.45) is 0 Å². The van der Waals surface area contributed by atoms with Gasteiger partial charge in [-0.05, 0) is 43.5 Å². The van der Waals surface area contributed by atoms with E-state index >= 15 is 0 Å². The molecule has 4 nitrogen and oxygen atoms in total. The molecule has 1 aliphatic heterocycles. The lowest BCUT2D eigenvalue weighted by Gasteiger charge is -2.36. The Morgan fingerprint density at radius 1 is 0.968 bits per heavy atom. The van der Waals surface area contributed by atoms with Crippen LogP contribution in [0.15, 0.2) is 12.2 Å². The van der Waals surface area contributed by atoms with E-state index in [1.807, 2.05) is 0 Å². The highest BCUT2D eigenvalue weighted by atomic mass is 28.4. The third-order valence-corrected chi connectivity index (χ3v) is 11.5. The molecule has 1 fully saturated rings. The number of hydrogen-bond acceptors (Lipinski definition) is 3. The predicted molar refractivity (Wildman–Crippen MR) is 135 cm³/mol. The maximum atomic E-state index is 11.7. The molecule has 5 heteroatoms. The maximum Gasteiger partial charge on any atom is 0.408 e. The van der Waals surface area contributed by atoms with Gasteiger partial charge in [0.05, 0.1) is 6.04 Å². The zero-order valence-electron chi connectivity index (χ0n) is 21.4. The highest BCUT2D eigenvalue weighted by Gasteiger charge is 2.38. The van der Waals surface area contributed by atoms with Gasteiger partial charge in [-0.1, -0.05) is 98.0 Å². The molecule has 0 bridgehead atoms. The van der Waals surface area contributed by atoms with Crippen LogP contribution in [0.25, 0.3) is 0 Å². The fourth-order valence-electron chi connectivity index (χ4n) is 3.70. The van der Waals surface area contributed by atoms with Crippen LogP contribution in [0.1, 0.15) is 111 Å². The van der Waals surface area contributed by atoms with Crippen LogP contribution in [0.3, 0.4) is 0 Å². The van der Waals surface area contributed by atoms with Crippen molar-refractivity contribution < 1.29 is 14.0 Å². The van der Waals surface area contributed by atoms with Gasteiger partial charge in [-0.15, -0.1) is 0 Å². The minimum Gasteiger partial charge on any atom is -0.440 e. The normalized spacial score (nSPS) is 19.7. The van der Waals surface area contributed by atoms with E-state index < -0.39 is 8.32 Å². The Labute approximate surface area is 194 Å². The third kappa shape index (κ3) is 12.1. The number of amides is 1. The SMILES string of the molecule is CCCCCCCCCCCCC/C=C/[C@H]1OC(=O)N[C@H]1CCO[Si](C)(C)C(C)(C)C. The van der Waals surface area contributed by atoms with E-state index in [1.165, 1.54) is 70.6 Å². The molecule has 0 saturated carbocycles. The highest BCUT2D eigenvalue weighted by molar-refractivity contribution is 6.74. The van der Waals surface area contributed by atoms with Gasteiger partial charge < -0.3 is 14.5 Å². The Hall–Kier alpha value is -0.813. The van der Waals surface area contributed by atoms with Crippen LogP contribution in [-0.2, 0) is 9.16 Å². The van der Waals surface area contributed by atoms with E-state index in [0.29, 0.717) is 6.61 Å². The van der Waals surface area contributed by atoms with E-state index in [9.17, 15) is 4.79 Å². The van der Waals surface area contributed by atoms with Gasteiger partial charge in [-0.3, -0.25) is 0 Å². The topological polar surface area (TPSA) is 47.6 Å². The van der Waals surface area contributed by atoms with E-state index in [1.54, 1.807) is 0 Å². The quantitative estimate of drug-likeness (QED) is 0.137. The number of carbonyl (C=O) groups excluding carboxylic acids is 1. The van der Waals surface area contributed by atoms with Crippen molar-refractivity contribution in [3.05, 3.63) is 12.2 Å². The van der Waals surface area contributed by atoms with E-state index in [2.05, 4.69) is 58.3 Å². The summed E-state index contributed by atoms with van der Waals surface area (Å²) in [7, 11) is -1.75. The number of rotatable bonds is 17. The van der Waals surface area contributed by atoms with Crippen molar-refractivity contribution in [1.82, 2.24) is 5.32 Å². The lowest BCUT2D eigenvalue weighted by molar-refractivity contribution is 0.149. The Morgan fingerprint density at radius 2 is 1.52 bits per heavy atom. The number of hydrogen-bond donors (Lipinski definition) is 1. The minimum absolute atomic E-state index is 0.0193. The molecular formula is C26H51NO3Si. The predicted octanol–water partition coefficient (Wildman–Crippen LogP) is 8.13. The molecule has 0 radical (unpaired) electrons. The van der Waals surface area contributed by atoms with Crippen molar-refractivity contribution in [3.8, 4) is 0 Å². The van der Waals surface area contributed by atoms with Crippen molar-refractivity contribution in [2.75, 3.05) is 6.61 Å². The van der Waals surface area contributed by atoms with Crippen LogP contribution in [0.4, 0.5) is 4.79 Å². The van der Waals surface area contributed by atoms with E-state index in [4.69, 9.17) is 9.16 Å². The standard InChI is InChI=1S/C26H51NO3Si/c1-7-8-9-10-11-12-13-14-15-16-17-18-19-20-24-23(27-25(28)30-24)21-22-29-31(5,6)26(2,3)4/h19-20,23-24H,7-18,21-22H2,1-6H3,(H,27,28)/b20-19+/t23-,24+/m0/s1. The molecule has 182 valence electrons. The molecule has 0 unspecified atom stereocenters. The molecule has 1 N–H and O–H groups in total. The molecule has 2 atom stereocenters. The molecule has 0 aromatic rings. The first-order valence-electron chi connectivity index (χ1n) is 12.9. The molecular weight excluding hydrogens is 402 g/mol. The second-order valence-electron chi connectivity index (χ2n) is 10.8. The lowest BCUT2D eigenvalue weighted by atomic mass is 10.0. The number of ether oxygens (including phenoxy) is 1. The van der Waals surface area contributed by atoms with Gasteiger partial charge in [0.15, 0.2) is 8.32 Å². The highest BCUT2D eigenvalue weighted by Crippen LogP contribution is 2.36. The lowest BCUT2D eigenvalue weighted by Crippen LogP contribution is -2.42. The summed E-state index contributed by atoms with van der Waals surface area (Å²) in [5.41, 5.74) is 0. The molecule has 1 heterocycles. The molecule has 1 rings (SSSR count). The molecule has 0 aromatic heterocycles. The largest absolute Gasteiger partial charge is 0.440 e. The third-order valence-electron chi connectivity index (χ3n) is 6.94. The Morgan fingerprint density at radius 3 is 2.06 bits per heavy atom. The number of allylic oxidation sites excluding steroid dienone is 1. The van der Waals surface area contributed by atoms with Gasteiger partial charge in [0.2, 0.25) is 0 Å². The van der Waals surface area contributed by atoms with Crippen LogP contribution in [-0.4, -0.2) is 33.2 Å². The maximum absolute atomic E-state index is 11.7. The van der Waals surface area contributed by atoms with E-state index in [0.717, 1.165) is 12.8 Å². The number of nitrogens with one attached hydrogen (secondary N) is 1. The zero-order valence-corrected chi connectivity index (χ0v) is 22.4. The molecule has 0 aliphatic carbocycles. The fraction of sp³-hybridized carbons (Fsp3) is 0.885. The van der Waals surface area contributed by atoms with Crippen LogP contribution >= 0.6 is 0 Å². The fourth-order valence-corrected chi connectivity index (χ4v) is 4.76. The molecule has 0 aromatic carbocycles. The summed E-state index contributed by atoms with van der Waals surface area (Å²) in [6, 6.07) is 0.0193. The van der Waals surface area contributed by atoms with Crippen molar-refractivity contribution in [1.29, 1.82) is 0 Å². The Balaban J connectivity index is 2.14. The summed E-state index contributed by atoms with van der Waals surface area (Å²) >= 11 is 0. The number of cyclic esters (lactones) is 1. The number of alkyl carbamates (subject to hydrolysis) is 1. The molecule has 0 spiro atoms. The summed E-state index contributed by atoms with van der Waals surface area (Å²) in [5, 5.41) is 3.15. The van der Waals surface area contributed by atoms with Crippen LogP contribution in [0.5, 0.6) is 0 Å². The first-order valence-corrected chi connectivity index (χ1v) is 15.9. The van der Waals surface area contributed by atoms with Gasteiger partial charge >= 0.3 is 6.09 Å². The Kier molecular flexibility index (Phi) is 13.7. The summed E-state index contributed by atoms with van der Waals surface area (Å²) < 4.78 is 11.7. The van der Waals surface area contributed by atoms with Crippen LogP contribution in [0, 0.1) is 0 Å². The average Bonchev–Trinajstić information content (AvgIpc) is 3.04. The average molecular weight is 454 g/mol. The molecule has 31 heavy (non-hydrogen) atoms. The number of unbranched alkanes of at least 4 members (excludes halogenated alkanes) is 11. The summed E-state index contributed by atoms with van der Waals surface area (Å²) in [6.45, 7) is 14.2. The second kappa shape index (κ2) is 15.1. The first-order chi connectivity index (χ1) is 14.7. The van der Waals surface area contributed by atoms with E-state index in [-0.39, 0.29) is 23.3 Å². The van der Waals surface area contributed by atoms with Gasteiger partial charge in [0.25, 0.3) is 0 Å². The summed E-state index contributed by atoms with van der Waals surface area (Å²) in [5.74, 6) is 0. The van der Waals surface area contributed by atoms with Crippen molar-refractivity contribution in [2.45, 2.75) is 141 Å². The first kappa shape index (κ1) is 28.2. The van der Waals surface area contributed by atoms with Crippen LogP contribution in [0.2, 0.25) is 18.1 Å². The van der Waals surface area contributed by atoms with Gasteiger partial charge in [-0.2, -0.15) is 0 Å². The molecule has 1 saturated heterocycles. The summed E-state index contributed by atoms with van der Waals surface area (Å²) in [4.78, 5) is 11.7. The zero-order chi connectivity index (χ0) is 23.2. The van der Waals surface area contributed by atoms with Crippen molar-refractivity contribution >= 4 is 14.4 Å². The smallest absolute Gasteiger partial charge is 0.408 e. The van der Waals surface area contributed by atoms with Crippen molar-refractivity contribution in [3.63, 3.8) is 0 Å². The Bertz CT molecular complexity index is 513. The molecule has 1 amide bonds. The summed E-state index contributed by atoms with van der Waals surface area (Å²) in [6.07, 6.45) is 20.7. The van der Waals surface area contributed by atoms with Gasteiger partial charge in [0, 0.05) is 6.61 Å². The van der Waals surface area contributed by atoms with Crippen LogP contribution < -0.4 is 5.32 Å². The monoisotopic (exact) mass is 453 g/mol. The minimum atomic E-state index is -1.75. The van der Waals surface area contributed by atoms with Gasteiger partial charge in [0.1, 0.15) is 6.10 Å². The second-order valence-corrected chi connectivity index (χ2v) is 15.6. The number of carbonyl (C=O) groups is 1. The molecule has 1 aliphatic rings.